The van der Waals surface area contributed by atoms with Crippen molar-refractivity contribution in [1.82, 2.24) is 0 Å². The molecule has 0 saturated heterocycles. The normalized spacial score (nSPS) is 11.1. The second kappa shape index (κ2) is 12.8. The van der Waals surface area contributed by atoms with Crippen LogP contribution in [0.1, 0.15) is 22.4 Å². The van der Waals surface area contributed by atoms with Crippen LogP contribution in [0, 0.1) is 0 Å². The highest BCUT2D eigenvalue weighted by Gasteiger charge is 2.14. The second-order valence-corrected chi connectivity index (χ2v) is 9.21. The average Bonchev–Trinajstić information content (AvgIpc) is 2.99. The first-order chi connectivity index (χ1) is 19.2. The summed E-state index contributed by atoms with van der Waals surface area (Å²) >= 11 is 0. The minimum atomic E-state index is 0.459. The summed E-state index contributed by atoms with van der Waals surface area (Å²) in [6, 6.07) is 36.6. The Kier molecular flexibility index (Phi) is 8.51. The van der Waals surface area contributed by atoms with E-state index in [-0.39, 0.29) is 0 Å². The van der Waals surface area contributed by atoms with Gasteiger partial charge in [-0.15, -0.1) is 0 Å². The summed E-state index contributed by atoms with van der Waals surface area (Å²) in [5.41, 5.74) is 11.4. The summed E-state index contributed by atoms with van der Waals surface area (Å²) in [7, 11) is 1.68. The van der Waals surface area contributed by atoms with Crippen LogP contribution in [0.2, 0.25) is 0 Å². The Morgan fingerprint density at radius 3 is 2.05 bits per heavy atom. The topological polar surface area (TPSA) is 57.6 Å². The molecule has 0 spiro atoms. The molecule has 0 aliphatic heterocycles. The molecule has 0 saturated carbocycles. The molecule has 0 bridgehead atoms. The van der Waals surface area contributed by atoms with E-state index in [0.29, 0.717) is 37.8 Å². The molecule has 0 fully saturated rings. The monoisotopic (exact) mass is 517 g/mol. The molecule has 1 heterocycles. The van der Waals surface area contributed by atoms with E-state index in [9.17, 15) is 0 Å². The molecule has 196 valence electrons. The van der Waals surface area contributed by atoms with Gasteiger partial charge in [0.05, 0.1) is 19.0 Å². The van der Waals surface area contributed by atoms with Crippen LogP contribution in [0.3, 0.4) is 0 Å². The number of ether oxygens (including phenoxy) is 3. The van der Waals surface area contributed by atoms with Gasteiger partial charge < -0.3 is 19.9 Å². The number of benzene rings is 4. The molecule has 4 aromatic carbocycles. The molecule has 1 aromatic heterocycles. The van der Waals surface area contributed by atoms with Crippen LogP contribution in [0.25, 0.3) is 23.1 Å². The van der Waals surface area contributed by atoms with E-state index in [0.717, 1.165) is 39.0 Å². The number of nitrogens with two attached hydrogens (primary N) is 1. The number of pyridine rings is 1. The molecule has 5 rings (SSSR count). The van der Waals surface area contributed by atoms with Crippen molar-refractivity contribution in [3.05, 3.63) is 132 Å². The van der Waals surface area contributed by atoms with E-state index >= 15 is 0 Å². The van der Waals surface area contributed by atoms with E-state index in [4.69, 9.17) is 19.9 Å². The molecule has 0 atom stereocenters. The Labute approximate surface area is 229 Å². The summed E-state index contributed by atoms with van der Waals surface area (Å²) in [6.45, 7) is 2.18. The average molecular weight is 518 g/mol. The number of rotatable bonds is 11. The van der Waals surface area contributed by atoms with Crippen molar-refractivity contribution in [3.8, 4) is 17.2 Å². The highest BCUT2D eigenvalue weighted by molar-refractivity contribution is 5.79. The van der Waals surface area contributed by atoms with Gasteiger partial charge in [0, 0.05) is 18.2 Å². The molecule has 5 aromatic rings. The van der Waals surface area contributed by atoms with Gasteiger partial charge in [0.2, 0.25) is 11.2 Å². The molecule has 0 aliphatic carbocycles. The number of methoxy groups -OCH3 is 1. The Hall–Kier alpha value is -4.61. The molecule has 0 radical (unpaired) electrons. The Morgan fingerprint density at radius 2 is 1.38 bits per heavy atom. The Balaban J connectivity index is 1.42. The standard InChI is InChI=1S/C34H33N2O3/c1-37-31-17-18-32-29(23-31)14-16-30(36(32)21-20-35)15-12-26-13-19-33(38-24-27-8-4-2-5-9-27)34(22-26)39-25-28-10-6-3-7-11-28/h2-19,22-23H,20-21,24-25,35H2,1H3/q+1/b15-12+. The van der Waals surface area contributed by atoms with Crippen molar-refractivity contribution in [2.45, 2.75) is 19.8 Å². The van der Waals surface area contributed by atoms with Gasteiger partial charge in [-0.2, -0.15) is 4.57 Å². The molecular formula is C34H33N2O3+. The first-order valence-electron chi connectivity index (χ1n) is 13.1. The maximum Gasteiger partial charge on any atom is 0.213 e. The second-order valence-electron chi connectivity index (χ2n) is 9.21. The molecule has 39 heavy (non-hydrogen) atoms. The fraction of sp³-hybridized carbons (Fsp3) is 0.147. The lowest BCUT2D eigenvalue weighted by atomic mass is 10.1. The summed E-state index contributed by atoms with van der Waals surface area (Å²) in [6.07, 6.45) is 4.20. The Morgan fingerprint density at radius 1 is 0.692 bits per heavy atom. The van der Waals surface area contributed by atoms with Gasteiger partial charge in [-0.3, -0.25) is 0 Å². The Bertz CT molecular complexity index is 1550. The number of hydrogen-bond acceptors (Lipinski definition) is 4. The predicted molar refractivity (Wildman–Crippen MR) is 157 cm³/mol. The lowest BCUT2D eigenvalue weighted by Crippen LogP contribution is -2.41. The van der Waals surface area contributed by atoms with E-state index in [2.05, 4.69) is 59.2 Å². The fourth-order valence-corrected chi connectivity index (χ4v) is 4.48. The van der Waals surface area contributed by atoms with Crippen LogP contribution < -0.4 is 24.5 Å². The van der Waals surface area contributed by atoms with Gasteiger partial charge in [0.25, 0.3) is 0 Å². The summed E-state index contributed by atoms with van der Waals surface area (Å²) in [4.78, 5) is 0. The van der Waals surface area contributed by atoms with Crippen LogP contribution in [0.15, 0.2) is 109 Å². The van der Waals surface area contributed by atoms with Crippen molar-refractivity contribution in [2.24, 2.45) is 5.73 Å². The third-order valence-electron chi connectivity index (χ3n) is 6.51. The van der Waals surface area contributed by atoms with Crippen LogP contribution in [-0.4, -0.2) is 13.7 Å². The van der Waals surface area contributed by atoms with Gasteiger partial charge in [-0.25, -0.2) is 0 Å². The zero-order valence-electron chi connectivity index (χ0n) is 22.1. The van der Waals surface area contributed by atoms with E-state index < -0.39 is 0 Å². The van der Waals surface area contributed by atoms with E-state index in [1.165, 1.54) is 0 Å². The van der Waals surface area contributed by atoms with Crippen LogP contribution in [0.4, 0.5) is 0 Å². The maximum atomic E-state index is 6.25. The zero-order valence-corrected chi connectivity index (χ0v) is 22.1. The molecule has 2 N–H and O–H groups in total. The van der Waals surface area contributed by atoms with Gasteiger partial charge in [0.15, 0.2) is 18.0 Å². The quantitative estimate of drug-likeness (QED) is 0.205. The SMILES string of the molecule is COc1ccc2c(ccc(/C=C/c3ccc(OCc4ccccc4)c(OCc4ccccc4)c3)[n+]2CCN)c1. The van der Waals surface area contributed by atoms with Crippen LogP contribution in [0.5, 0.6) is 17.2 Å². The first kappa shape index (κ1) is 26.0. The fourth-order valence-electron chi connectivity index (χ4n) is 4.48. The zero-order chi connectivity index (χ0) is 26.9. The molecule has 5 nitrogen and oxygen atoms in total. The summed E-state index contributed by atoms with van der Waals surface area (Å²) in [5.74, 6) is 2.25. The van der Waals surface area contributed by atoms with E-state index in [1.54, 1.807) is 7.11 Å². The third-order valence-corrected chi connectivity index (χ3v) is 6.51. The molecule has 5 heteroatoms. The van der Waals surface area contributed by atoms with Crippen molar-refractivity contribution >= 4 is 23.1 Å². The molecule has 0 aliphatic rings. The van der Waals surface area contributed by atoms with Crippen molar-refractivity contribution in [1.29, 1.82) is 0 Å². The number of hydrogen-bond donors (Lipinski definition) is 1. The predicted octanol–water partition coefficient (Wildman–Crippen LogP) is 6.42. The van der Waals surface area contributed by atoms with Crippen LogP contribution in [-0.2, 0) is 19.8 Å². The van der Waals surface area contributed by atoms with Gasteiger partial charge in [0.1, 0.15) is 19.0 Å². The van der Waals surface area contributed by atoms with Gasteiger partial charge in [-0.1, -0.05) is 66.7 Å². The van der Waals surface area contributed by atoms with Gasteiger partial charge in [-0.05, 0) is 53.1 Å². The third kappa shape index (κ3) is 6.64. The maximum absolute atomic E-state index is 6.25. The lowest BCUT2D eigenvalue weighted by Gasteiger charge is -2.14. The highest BCUT2D eigenvalue weighted by Crippen LogP contribution is 2.31. The minimum Gasteiger partial charge on any atom is -0.497 e. The number of aromatic nitrogens is 1. The van der Waals surface area contributed by atoms with E-state index in [1.807, 2.05) is 66.7 Å². The smallest absolute Gasteiger partial charge is 0.213 e. The number of nitrogens with zero attached hydrogens (tertiary/aromatic N) is 1. The minimum absolute atomic E-state index is 0.459. The van der Waals surface area contributed by atoms with Gasteiger partial charge >= 0.3 is 0 Å². The first-order valence-corrected chi connectivity index (χ1v) is 13.1. The van der Waals surface area contributed by atoms with Crippen molar-refractivity contribution in [2.75, 3.05) is 13.7 Å². The molecule has 0 unspecified atom stereocenters. The van der Waals surface area contributed by atoms with Crippen molar-refractivity contribution < 1.29 is 18.8 Å². The lowest BCUT2D eigenvalue weighted by molar-refractivity contribution is -0.670. The number of fused-ring (bicyclic) bond motifs is 1. The molecular weight excluding hydrogens is 484 g/mol. The summed E-state index contributed by atoms with van der Waals surface area (Å²) < 4.78 is 20.1. The molecule has 0 amide bonds. The highest BCUT2D eigenvalue weighted by atomic mass is 16.5. The summed E-state index contributed by atoms with van der Waals surface area (Å²) in [5, 5.41) is 1.11. The van der Waals surface area contributed by atoms with Crippen LogP contribution >= 0.6 is 0 Å². The van der Waals surface area contributed by atoms with Crippen molar-refractivity contribution in [3.63, 3.8) is 0 Å². The largest absolute Gasteiger partial charge is 0.497 e.